The fourth-order valence-electron chi connectivity index (χ4n) is 2.34. The number of hydrogen-bond donors (Lipinski definition) is 1. The van der Waals surface area contributed by atoms with Crippen LogP contribution in [0.15, 0.2) is 53.9 Å². The van der Waals surface area contributed by atoms with E-state index in [0.717, 1.165) is 21.7 Å². The molecule has 1 heterocycles. The molecule has 0 bridgehead atoms. The molecule has 6 heteroatoms. The Balaban J connectivity index is 2.06. The fourth-order valence-corrected chi connectivity index (χ4v) is 3.16. The average Bonchev–Trinajstić information content (AvgIpc) is 3.00. The van der Waals surface area contributed by atoms with E-state index in [2.05, 4.69) is 6.07 Å². The Kier molecular flexibility index (Phi) is 3.79. The predicted molar refractivity (Wildman–Crippen MR) is 91.0 cm³/mol. The van der Waals surface area contributed by atoms with Gasteiger partial charge in [-0.2, -0.15) is 5.26 Å². The standard InChI is InChI=1S/C17H11N3O2S/c18-10-13-5-6-14(20(21)22)9-15(13)11-1-3-12(4-2-11)17-16(19)7-8-23-17/h1-9H,19H2. The van der Waals surface area contributed by atoms with Gasteiger partial charge in [0.15, 0.2) is 0 Å². The highest BCUT2D eigenvalue weighted by atomic mass is 32.1. The van der Waals surface area contributed by atoms with E-state index in [1.807, 2.05) is 35.7 Å². The van der Waals surface area contributed by atoms with E-state index in [4.69, 9.17) is 5.73 Å². The van der Waals surface area contributed by atoms with Crippen LogP contribution in [0.5, 0.6) is 0 Å². The lowest BCUT2D eigenvalue weighted by Crippen LogP contribution is -1.91. The second kappa shape index (κ2) is 5.91. The van der Waals surface area contributed by atoms with E-state index in [1.54, 1.807) is 11.3 Å². The molecule has 0 spiro atoms. The van der Waals surface area contributed by atoms with Gasteiger partial charge in [0.1, 0.15) is 0 Å². The Morgan fingerprint density at radius 3 is 2.35 bits per heavy atom. The third-order valence-corrected chi connectivity index (χ3v) is 4.47. The summed E-state index contributed by atoms with van der Waals surface area (Å²) in [7, 11) is 0. The normalized spacial score (nSPS) is 10.2. The Morgan fingerprint density at radius 2 is 1.78 bits per heavy atom. The van der Waals surface area contributed by atoms with Crippen molar-refractivity contribution in [1.29, 1.82) is 5.26 Å². The Hall–Kier alpha value is -3.17. The molecule has 0 saturated heterocycles. The second-order valence-corrected chi connectivity index (χ2v) is 5.80. The summed E-state index contributed by atoms with van der Waals surface area (Å²) in [6.07, 6.45) is 0. The van der Waals surface area contributed by atoms with E-state index in [1.165, 1.54) is 18.2 Å². The first kappa shape index (κ1) is 14.8. The van der Waals surface area contributed by atoms with Crippen molar-refractivity contribution in [2.75, 3.05) is 5.73 Å². The third-order valence-electron chi connectivity index (χ3n) is 3.49. The van der Waals surface area contributed by atoms with Crippen LogP contribution in [0.1, 0.15) is 5.56 Å². The largest absolute Gasteiger partial charge is 0.398 e. The van der Waals surface area contributed by atoms with Gasteiger partial charge in [-0.1, -0.05) is 24.3 Å². The van der Waals surface area contributed by atoms with Crippen molar-refractivity contribution in [3.05, 3.63) is 69.6 Å². The molecule has 0 saturated carbocycles. The predicted octanol–water partition coefficient (Wildman–Crippen LogP) is 4.44. The highest BCUT2D eigenvalue weighted by Crippen LogP contribution is 2.34. The maximum Gasteiger partial charge on any atom is 0.270 e. The molecule has 2 N–H and O–H groups in total. The molecule has 0 aliphatic heterocycles. The molecule has 3 aromatic rings. The van der Waals surface area contributed by atoms with Crippen LogP contribution in [-0.2, 0) is 0 Å². The molecule has 112 valence electrons. The maximum absolute atomic E-state index is 10.9. The van der Waals surface area contributed by atoms with Gasteiger partial charge in [-0.3, -0.25) is 10.1 Å². The zero-order valence-electron chi connectivity index (χ0n) is 11.9. The number of anilines is 1. The fraction of sp³-hybridized carbons (Fsp3) is 0. The molecule has 3 rings (SSSR count). The number of nitrogens with two attached hydrogens (primary N) is 1. The minimum absolute atomic E-state index is 0.0365. The van der Waals surface area contributed by atoms with Gasteiger partial charge in [0.05, 0.1) is 27.1 Å². The van der Waals surface area contributed by atoms with Crippen LogP contribution in [0, 0.1) is 21.4 Å². The summed E-state index contributed by atoms with van der Waals surface area (Å²) in [6, 6.07) is 15.6. The second-order valence-electron chi connectivity index (χ2n) is 4.88. The molecular weight excluding hydrogens is 310 g/mol. The van der Waals surface area contributed by atoms with Gasteiger partial charge in [-0.05, 0) is 28.6 Å². The van der Waals surface area contributed by atoms with Crippen molar-refractivity contribution in [1.82, 2.24) is 0 Å². The number of non-ortho nitro benzene ring substituents is 1. The number of nitriles is 1. The minimum atomic E-state index is -0.467. The van der Waals surface area contributed by atoms with Crippen LogP contribution in [0.4, 0.5) is 11.4 Å². The zero-order chi connectivity index (χ0) is 16.4. The van der Waals surface area contributed by atoms with Gasteiger partial charge in [0.25, 0.3) is 5.69 Å². The number of nitro benzene ring substituents is 1. The molecule has 1 aromatic heterocycles. The van der Waals surface area contributed by atoms with Gasteiger partial charge >= 0.3 is 0 Å². The average molecular weight is 321 g/mol. The first-order valence-electron chi connectivity index (χ1n) is 6.72. The third kappa shape index (κ3) is 2.78. The van der Waals surface area contributed by atoms with Crippen LogP contribution in [0.2, 0.25) is 0 Å². The van der Waals surface area contributed by atoms with Gasteiger partial charge in [-0.25, -0.2) is 0 Å². The zero-order valence-corrected chi connectivity index (χ0v) is 12.7. The first-order valence-corrected chi connectivity index (χ1v) is 7.60. The minimum Gasteiger partial charge on any atom is -0.398 e. The van der Waals surface area contributed by atoms with E-state index < -0.39 is 4.92 Å². The molecular formula is C17H11N3O2S. The van der Waals surface area contributed by atoms with Crippen LogP contribution in [0.3, 0.4) is 0 Å². The molecule has 0 fully saturated rings. The molecule has 0 aliphatic carbocycles. The Morgan fingerprint density at radius 1 is 1.09 bits per heavy atom. The summed E-state index contributed by atoms with van der Waals surface area (Å²) >= 11 is 1.55. The SMILES string of the molecule is N#Cc1ccc([N+](=O)[O-])cc1-c1ccc(-c2sccc2N)cc1. The molecule has 0 unspecified atom stereocenters. The molecule has 0 atom stereocenters. The van der Waals surface area contributed by atoms with Crippen LogP contribution in [0.25, 0.3) is 21.6 Å². The van der Waals surface area contributed by atoms with E-state index >= 15 is 0 Å². The Labute approximate surface area is 136 Å². The van der Waals surface area contributed by atoms with Gasteiger partial charge < -0.3 is 5.73 Å². The van der Waals surface area contributed by atoms with Crippen molar-refractivity contribution < 1.29 is 4.92 Å². The van der Waals surface area contributed by atoms with E-state index in [9.17, 15) is 15.4 Å². The summed E-state index contributed by atoms with van der Waals surface area (Å²) < 4.78 is 0. The summed E-state index contributed by atoms with van der Waals surface area (Å²) in [5, 5.41) is 22.1. The van der Waals surface area contributed by atoms with E-state index in [0.29, 0.717) is 11.1 Å². The number of hydrogen-bond acceptors (Lipinski definition) is 5. The van der Waals surface area contributed by atoms with E-state index in [-0.39, 0.29) is 5.69 Å². The number of nitrogen functional groups attached to an aromatic ring is 1. The van der Waals surface area contributed by atoms with Crippen molar-refractivity contribution in [3.8, 4) is 27.6 Å². The molecule has 0 aliphatic rings. The van der Waals surface area contributed by atoms with Crippen molar-refractivity contribution >= 4 is 22.7 Å². The number of nitrogens with zero attached hydrogens (tertiary/aromatic N) is 2. The summed E-state index contributed by atoms with van der Waals surface area (Å²) in [6.45, 7) is 0. The summed E-state index contributed by atoms with van der Waals surface area (Å²) in [5.74, 6) is 0. The molecule has 0 radical (unpaired) electrons. The Bertz CT molecular complexity index is 924. The van der Waals surface area contributed by atoms with Gasteiger partial charge in [0, 0.05) is 17.7 Å². The van der Waals surface area contributed by atoms with Crippen LogP contribution >= 0.6 is 11.3 Å². The quantitative estimate of drug-likeness (QED) is 0.570. The van der Waals surface area contributed by atoms with Gasteiger partial charge in [-0.15, -0.1) is 11.3 Å². The monoisotopic (exact) mass is 321 g/mol. The molecule has 5 nitrogen and oxygen atoms in total. The summed E-state index contributed by atoms with van der Waals surface area (Å²) in [5.41, 5.74) is 9.28. The lowest BCUT2D eigenvalue weighted by atomic mass is 9.98. The number of nitro groups is 1. The van der Waals surface area contributed by atoms with Crippen molar-refractivity contribution in [2.45, 2.75) is 0 Å². The maximum atomic E-state index is 10.9. The highest BCUT2D eigenvalue weighted by molar-refractivity contribution is 7.14. The first-order chi connectivity index (χ1) is 11.1. The van der Waals surface area contributed by atoms with Crippen molar-refractivity contribution in [2.24, 2.45) is 0 Å². The number of thiophene rings is 1. The van der Waals surface area contributed by atoms with Crippen LogP contribution < -0.4 is 5.73 Å². The van der Waals surface area contributed by atoms with Crippen LogP contribution in [-0.4, -0.2) is 4.92 Å². The molecule has 2 aromatic carbocycles. The van der Waals surface area contributed by atoms with Crippen molar-refractivity contribution in [3.63, 3.8) is 0 Å². The smallest absolute Gasteiger partial charge is 0.270 e. The number of benzene rings is 2. The topological polar surface area (TPSA) is 92.9 Å². The van der Waals surface area contributed by atoms with Gasteiger partial charge in [0.2, 0.25) is 0 Å². The lowest BCUT2D eigenvalue weighted by molar-refractivity contribution is -0.384. The molecule has 23 heavy (non-hydrogen) atoms. The number of rotatable bonds is 3. The lowest BCUT2D eigenvalue weighted by Gasteiger charge is -2.06. The highest BCUT2D eigenvalue weighted by Gasteiger charge is 2.13. The molecule has 0 amide bonds. The summed E-state index contributed by atoms with van der Waals surface area (Å²) in [4.78, 5) is 11.5.